The molecule has 2 rings (SSSR count). The molecule has 0 heterocycles. The van der Waals surface area contributed by atoms with Gasteiger partial charge in [-0.05, 0) is 43.2 Å². The summed E-state index contributed by atoms with van der Waals surface area (Å²) in [5, 5.41) is 0. The van der Waals surface area contributed by atoms with Gasteiger partial charge >= 0.3 is 0 Å². The number of rotatable bonds is 3. The van der Waals surface area contributed by atoms with Gasteiger partial charge in [0.1, 0.15) is 5.82 Å². The van der Waals surface area contributed by atoms with Gasteiger partial charge in [-0.1, -0.05) is 29.8 Å². The Labute approximate surface area is 106 Å². The van der Waals surface area contributed by atoms with E-state index in [4.69, 9.17) is 0 Å². The lowest BCUT2D eigenvalue weighted by Gasteiger charge is -2.06. The Morgan fingerprint density at radius 3 is 2.56 bits per heavy atom. The van der Waals surface area contributed by atoms with E-state index >= 15 is 0 Å². The molecule has 0 aliphatic rings. The first-order chi connectivity index (χ1) is 8.56. The van der Waals surface area contributed by atoms with Crippen molar-refractivity contribution in [2.75, 3.05) is 0 Å². The van der Waals surface area contributed by atoms with E-state index in [9.17, 15) is 9.18 Å². The Bertz CT molecular complexity index is 587. The standard InChI is InChI=1S/C16H15FO/c1-11-4-3-5-14(8-11)16(18)10-13-6-7-15(17)9-12(13)2/h3-9H,10H2,1-2H3. The predicted molar refractivity (Wildman–Crippen MR) is 70.4 cm³/mol. The number of ketones is 1. The van der Waals surface area contributed by atoms with Gasteiger partial charge in [-0.3, -0.25) is 4.79 Å². The second-order valence-electron chi connectivity index (χ2n) is 4.54. The van der Waals surface area contributed by atoms with Crippen LogP contribution >= 0.6 is 0 Å². The lowest BCUT2D eigenvalue weighted by atomic mass is 9.98. The maximum atomic E-state index is 13.0. The third-order valence-electron chi connectivity index (χ3n) is 3.00. The number of carbonyl (C=O) groups is 1. The van der Waals surface area contributed by atoms with Crippen LogP contribution in [0.1, 0.15) is 27.0 Å². The molecule has 0 atom stereocenters. The minimum atomic E-state index is -0.265. The van der Waals surface area contributed by atoms with E-state index in [1.165, 1.54) is 12.1 Å². The summed E-state index contributed by atoms with van der Waals surface area (Å²) in [6.07, 6.45) is 0.315. The van der Waals surface area contributed by atoms with Crippen molar-refractivity contribution < 1.29 is 9.18 Å². The molecule has 0 N–H and O–H groups in total. The van der Waals surface area contributed by atoms with Crippen LogP contribution in [-0.2, 0) is 6.42 Å². The molecule has 2 heteroatoms. The maximum absolute atomic E-state index is 13.0. The Kier molecular flexibility index (Phi) is 3.56. The number of Topliss-reactive ketones (excluding diaryl/α,β-unsaturated/α-hetero) is 1. The molecular weight excluding hydrogens is 227 g/mol. The van der Waals surface area contributed by atoms with Crippen LogP contribution in [0.3, 0.4) is 0 Å². The fourth-order valence-corrected chi connectivity index (χ4v) is 1.95. The van der Waals surface area contributed by atoms with Gasteiger partial charge in [-0.15, -0.1) is 0 Å². The van der Waals surface area contributed by atoms with Gasteiger partial charge in [-0.2, -0.15) is 0 Å². The molecule has 0 saturated carbocycles. The summed E-state index contributed by atoms with van der Waals surface area (Å²) in [7, 11) is 0. The van der Waals surface area contributed by atoms with Crippen molar-refractivity contribution in [3.05, 3.63) is 70.5 Å². The van der Waals surface area contributed by atoms with Crippen molar-refractivity contribution in [2.24, 2.45) is 0 Å². The van der Waals surface area contributed by atoms with Gasteiger partial charge < -0.3 is 0 Å². The van der Waals surface area contributed by atoms with Crippen molar-refractivity contribution in [1.82, 2.24) is 0 Å². The van der Waals surface area contributed by atoms with Crippen molar-refractivity contribution in [3.8, 4) is 0 Å². The van der Waals surface area contributed by atoms with Gasteiger partial charge in [-0.25, -0.2) is 4.39 Å². The second-order valence-corrected chi connectivity index (χ2v) is 4.54. The summed E-state index contributed by atoms with van der Waals surface area (Å²) in [6.45, 7) is 3.78. The molecule has 1 nitrogen and oxygen atoms in total. The van der Waals surface area contributed by atoms with Gasteiger partial charge in [0.2, 0.25) is 0 Å². The Morgan fingerprint density at radius 2 is 1.89 bits per heavy atom. The number of aryl methyl sites for hydroxylation is 2. The van der Waals surface area contributed by atoms with Gasteiger partial charge in [0, 0.05) is 12.0 Å². The molecule has 2 aromatic carbocycles. The minimum absolute atomic E-state index is 0.0633. The fourth-order valence-electron chi connectivity index (χ4n) is 1.95. The zero-order chi connectivity index (χ0) is 13.1. The molecule has 0 unspecified atom stereocenters. The SMILES string of the molecule is Cc1cccc(C(=O)Cc2ccc(F)cc2C)c1. The van der Waals surface area contributed by atoms with Crippen molar-refractivity contribution in [2.45, 2.75) is 20.3 Å². The van der Waals surface area contributed by atoms with Crippen LogP contribution < -0.4 is 0 Å². The number of hydrogen-bond donors (Lipinski definition) is 0. The van der Waals surface area contributed by atoms with Crippen LogP contribution in [-0.4, -0.2) is 5.78 Å². The van der Waals surface area contributed by atoms with Crippen LogP contribution in [0, 0.1) is 19.7 Å². The van der Waals surface area contributed by atoms with Gasteiger partial charge in [0.15, 0.2) is 5.78 Å². The minimum Gasteiger partial charge on any atom is -0.294 e. The molecule has 0 spiro atoms. The summed E-state index contributed by atoms with van der Waals surface area (Å²) < 4.78 is 13.0. The van der Waals surface area contributed by atoms with Crippen molar-refractivity contribution in [1.29, 1.82) is 0 Å². The quantitative estimate of drug-likeness (QED) is 0.747. The first-order valence-corrected chi connectivity index (χ1v) is 5.91. The number of benzene rings is 2. The van der Waals surface area contributed by atoms with Gasteiger partial charge in [0.05, 0.1) is 0 Å². The van der Waals surface area contributed by atoms with Crippen molar-refractivity contribution >= 4 is 5.78 Å². The van der Waals surface area contributed by atoms with Crippen LogP contribution in [0.15, 0.2) is 42.5 Å². The maximum Gasteiger partial charge on any atom is 0.167 e. The number of halogens is 1. The zero-order valence-electron chi connectivity index (χ0n) is 10.5. The largest absolute Gasteiger partial charge is 0.294 e. The molecule has 0 aromatic heterocycles. The first-order valence-electron chi connectivity index (χ1n) is 5.91. The lowest BCUT2D eigenvalue weighted by Crippen LogP contribution is -2.05. The van der Waals surface area contributed by atoms with Crippen LogP contribution in [0.2, 0.25) is 0 Å². The summed E-state index contributed by atoms with van der Waals surface area (Å²) >= 11 is 0. The highest BCUT2D eigenvalue weighted by atomic mass is 19.1. The van der Waals surface area contributed by atoms with Gasteiger partial charge in [0.25, 0.3) is 0 Å². The summed E-state index contributed by atoms with van der Waals surface area (Å²) in [4.78, 5) is 12.1. The van der Waals surface area contributed by atoms with E-state index in [1.807, 2.05) is 38.1 Å². The topological polar surface area (TPSA) is 17.1 Å². The van der Waals surface area contributed by atoms with Crippen molar-refractivity contribution in [3.63, 3.8) is 0 Å². The molecule has 2 aromatic rings. The molecule has 18 heavy (non-hydrogen) atoms. The molecule has 0 amide bonds. The highest BCUT2D eigenvalue weighted by Crippen LogP contribution is 2.14. The van der Waals surface area contributed by atoms with E-state index in [0.717, 1.165) is 16.7 Å². The average Bonchev–Trinajstić information content (AvgIpc) is 2.32. The average molecular weight is 242 g/mol. The lowest BCUT2D eigenvalue weighted by molar-refractivity contribution is 0.0992. The smallest absolute Gasteiger partial charge is 0.167 e. The molecule has 0 bridgehead atoms. The van der Waals surface area contributed by atoms with E-state index < -0.39 is 0 Å². The molecule has 92 valence electrons. The Hall–Kier alpha value is -1.96. The Balaban J connectivity index is 2.21. The summed E-state index contributed by atoms with van der Waals surface area (Å²) in [5.41, 5.74) is 3.47. The normalized spacial score (nSPS) is 10.4. The molecular formula is C16H15FO. The molecule has 0 fully saturated rings. The van der Waals surface area contributed by atoms with Crippen LogP contribution in [0.4, 0.5) is 4.39 Å². The summed E-state index contributed by atoms with van der Waals surface area (Å²) in [5.74, 6) is -0.201. The van der Waals surface area contributed by atoms with E-state index in [0.29, 0.717) is 12.0 Å². The predicted octanol–water partition coefficient (Wildman–Crippen LogP) is 3.87. The molecule has 0 aliphatic heterocycles. The molecule has 0 radical (unpaired) electrons. The highest BCUT2D eigenvalue weighted by Gasteiger charge is 2.09. The summed E-state index contributed by atoms with van der Waals surface area (Å²) in [6, 6.07) is 12.1. The third-order valence-corrected chi connectivity index (χ3v) is 3.00. The second kappa shape index (κ2) is 5.13. The number of hydrogen-bond acceptors (Lipinski definition) is 1. The highest BCUT2D eigenvalue weighted by molar-refractivity contribution is 5.97. The number of carbonyl (C=O) groups excluding carboxylic acids is 1. The van der Waals surface area contributed by atoms with E-state index in [2.05, 4.69) is 0 Å². The molecule has 0 aliphatic carbocycles. The fraction of sp³-hybridized carbons (Fsp3) is 0.188. The van der Waals surface area contributed by atoms with E-state index in [1.54, 1.807) is 6.07 Å². The third kappa shape index (κ3) is 2.83. The van der Waals surface area contributed by atoms with Crippen LogP contribution in [0.5, 0.6) is 0 Å². The molecule has 0 saturated heterocycles. The zero-order valence-corrected chi connectivity index (χ0v) is 10.5. The monoisotopic (exact) mass is 242 g/mol. The Morgan fingerprint density at radius 1 is 1.11 bits per heavy atom. The first kappa shape index (κ1) is 12.5. The van der Waals surface area contributed by atoms with Crippen LogP contribution in [0.25, 0.3) is 0 Å². The van der Waals surface area contributed by atoms with E-state index in [-0.39, 0.29) is 11.6 Å².